The number of nitrogens with zero attached hydrogens (tertiary/aromatic N) is 3. The van der Waals surface area contributed by atoms with E-state index in [-0.39, 0.29) is 6.04 Å². The molecule has 0 fully saturated rings. The molecule has 0 aromatic heterocycles. The molecule has 3 nitrogen and oxygen atoms in total. The maximum absolute atomic E-state index is 5.82. The van der Waals surface area contributed by atoms with Gasteiger partial charge in [-0.15, -0.1) is 5.10 Å². The minimum Gasteiger partial charge on any atom is -0.261 e. The van der Waals surface area contributed by atoms with E-state index in [0.717, 1.165) is 20.7 Å². The zero-order chi connectivity index (χ0) is 10.3. The van der Waals surface area contributed by atoms with Gasteiger partial charge < -0.3 is 0 Å². The quantitative estimate of drug-likeness (QED) is 0.737. The van der Waals surface area contributed by atoms with E-state index in [1.807, 2.05) is 24.3 Å². The van der Waals surface area contributed by atoms with Crippen LogP contribution in [0.5, 0.6) is 0 Å². The largest absolute Gasteiger partial charge is 0.261 e. The third-order valence-corrected chi connectivity index (χ3v) is 3.48. The molecule has 3 rings (SSSR count). The van der Waals surface area contributed by atoms with Gasteiger partial charge in [0.25, 0.3) is 0 Å². The summed E-state index contributed by atoms with van der Waals surface area (Å²) in [5.74, 6) is 0. The number of fused-ring (bicyclic) bond motifs is 1. The van der Waals surface area contributed by atoms with Gasteiger partial charge >= 0.3 is 0 Å². The van der Waals surface area contributed by atoms with Gasteiger partial charge in [0, 0.05) is 10.6 Å². The predicted octanol–water partition coefficient (Wildman–Crippen LogP) is 2.60. The molecule has 1 aromatic rings. The zero-order valence-corrected chi connectivity index (χ0v) is 9.16. The zero-order valence-electron chi connectivity index (χ0n) is 7.59. The molecule has 0 spiro atoms. The van der Waals surface area contributed by atoms with Gasteiger partial charge in [-0.2, -0.15) is 5.10 Å². The summed E-state index contributed by atoms with van der Waals surface area (Å²) in [6.45, 7) is 0. The highest BCUT2D eigenvalue weighted by molar-refractivity contribution is 8.27. The van der Waals surface area contributed by atoms with Gasteiger partial charge in [-0.25, -0.2) is 0 Å². The van der Waals surface area contributed by atoms with Crippen LogP contribution in [0.4, 0.5) is 0 Å². The van der Waals surface area contributed by atoms with Crippen molar-refractivity contribution in [2.45, 2.75) is 6.04 Å². The Morgan fingerprint density at radius 2 is 2.00 bits per heavy atom. The molecule has 0 amide bonds. The van der Waals surface area contributed by atoms with Crippen molar-refractivity contribution >= 4 is 39.7 Å². The standard InChI is InChI=1S/C10H6ClN3S/c11-7-3-1-6(2-4-7)9-13-8-5-12-14-10(8)15-9/h1-5,8H/t8-/m1/s1. The summed E-state index contributed by atoms with van der Waals surface area (Å²) in [7, 11) is 0. The number of aliphatic imine (C=N–C) groups is 1. The molecule has 74 valence electrons. The SMILES string of the molecule is Clc1ccc(C2=N[C@@H]3C=NN=C3S2)cc1. The van der Waals surface area contributed by atoms with Gasteiger partial charge in [0.2, 0.25) is 0 Å². The average molecular weight is 236 g/mol. The third kappa shape index (κ3) is 1.60. The normalized spacial score (nSPS) is 22.6. The maximum Gasteiger partial charge on any atom is 0.138 e. The lowest BCUT2D eigenvalue weighted by atomic mass is 10.2. The molecule has 2 heterocycles. The second-order valence-corrected chi connectivity index (χ2v) is 4.64. The first-order valence-electron chi connectivity index (χ1n) is 4.45. The number of rotatable bonds is 1. The topological polar surface area (TPSA) is 37.1 Å². The van der Waals surface area contributed by atoms with Crippen LogP contribution in [0.15, 0.2) is 39.5 Å². The molecule has 1 atom stereocenters. The van der Waals surface area contributed by atoms with Crippen LogP contribution in [0.25, 0.3) is 0 Å². The molecule has 0 aliphatic carbocycles. The lowest BCUT2D eigenvalue weighted by molar-refractivity contribution is 1.22. The molecule has 0 radical (unpaired) electrons. The van der Waals surface area contributed by atoms with Crippen molar-refractivity contribution in [3.63, 3.8) is 0 Å². The van der Waals surface area contributed by atoms with E-state index in [1.165, 1.54) is 0 Å². The summed E-state index contributed by atoms with van der Waals surface area (Å²) in [5.41, 5.74) is 1.08. The Kier molecular flexibility index (Phi) is 2.11. The van der Waals surface area contributed by atoms with Crippen molar-refractivity contribution in [2.24, 2.45) is 15.2 Å². The smallest absolute Gasteiger partial charge is 0.138 e. The van der Waals surface area contributed by atoms with E-state index < -0.39 is 0 Å². The summed E-state index contributed by atoms with van der Waals surface area (Å²) in [5, 5.41) is 10.5. The summed E-state index contributed by atoms with van der Waals surface area (Å²) in [4.78, 5) is 4.51. The summed E-state index contributed by atoms with van der Waals surface area (Å²) >= 11 is 7.39. The first-order chi connectivity index (χ1) is 7.33. The van der Waals surface area contributed by atoms with Crippen molar-refractivity contribution in [3.05, 3.63) is 34.9 Å². The van der Waals surface area contributed by atoms with E-state index in [1.54, 1.807) is 18.0 Å². The van der Waals surface area contributed by atoms with Crippen LogP contribution in [-0.4, -0.2) is 22.3 Å². The molecule has 0 N–H and O–H groups in total. The minimum absolute atomic E-state index is 0.0423. The fourth-order valence-electron chi connectivity index (χ4n) is 1.42. The summed E-state index contributed by atoms with van der Waals surface area (Å²) in [6, 6.07) is 7.70. The van der Waals surface area contributed by atoms with Crippen LogP contribution in [0.3, 0.4) is 0 Å². The summed E-state index contributed by atoms with van der Waals surface area (Å²) < 4.78 is 0. The Morgan fingerprint density at radius 1 is 1.20 bits per heavy atom. The van der Waals surface area contributed by atoms with Crippen molar-refractivity contribution in [3.8, 4) is 0 Å². The molecule has 2 aliphatic heterocycles. The highest BCUT2D eigenvalue weighted by atomic mass is 35.5. The van der Waals surface area contributed by atoms with Gasteiger partial charge in [-0.1, -0.05) is 23.7 Å². The van der Waals surface area contributed by atoms with E-state index in [0.29, 0.717) is 0 Å². The second-order valence-electron chi connectivity index (χ2n) is 3.19. The van der Waals surface area contributed by atoms with Gasteiger partial charge in [0.15, 0.2) is 0 Å². The van der Waals surface area contributed by atoms with Crippen LogP contribution >= 0.6 is 23.4 Å². The first kappa shape index (κ1) is 9.12. The molecule has 1 aromatic carbocycles. The molecule has 0 bridgehead atoms. The number of halogens is 1. The number of thioether (sulfide) groups is 1. The predicted molar refractivity (Wildman–Crippen MR) is 65.3 cm³/mol. The van der Waals surface area contributed by atoms with Crippen LogP contribution < -0.4 is 0 Å². The monoisotopic (exact) mass is 235 g/mol. The fraction of sp³-hybridized carbons (Fsp3) is 0.100. The number of hydrogen-bond acceptors (Lipinski definition) is 4. The number of benzene rings is 1. The lowest BCUT2D eigenvalue weighted by Crippen LogP contribution is -2.06. The van der Waals surface area contributed by atoms with Gasteiger partial charge in [0.1, 0.15) is 16.1 Å². The van der Waals surface area contributed by atoms with Crippen LogP contribution in [-0.2, 0) is 0 Å². The molecule has 2 aliphatic rings. The van der Waals surface area contributed by atoms with Crippen molar-refractivity contribution in [1.82, 2.24) is 0 Å². The average Bonchev–Trinajstić information content (AvgIpc) is 2.78. The lowest BCUT2D eigenvalue weighted by Gasteiger charge is -1.98. The maximum atomic E-state index is 5.82. The van der Waals surface area contributed by atoms with Crippen LogP contribution in [0.1, 0.15) is 5.56 Å². The molecule has 0 unspecified atom stereocenters. The third-order valence-electron chi connectivity index (χ3n) is 2.17. The van der Waals surface area contributed by atoms with E-state index in [9.17, 15) is 0 Å². The van der Waals surface area contributed by atoms with E-state index >= 15 is 0 Å². The van der Waals surface area contributed by atoms with Crippen molar-refractivity contribution in [1.29, 1.82) is 0 Å². The van der Waals surface area contributed by atoms with Gasteiger partial charge in [-0.05, 0) is 23.9 Å². The molecular weight excluding hydrogens is 230 g/mol. The van der Waals surface area contributed by atoms with Gasteiger partial charge in [-0.3, -0.25) is 4.99 Å². The van der Waals surface area contributed by atoms with Crippen LogP contribution in [0, 0.1) is 0 Å². The molecule has 0 saturated carbocycles. The highest BCUT2D eigenvalue weighted by Gasteiger charge is 2.27. The Bertz CT molecular complexity index is 490. The van der Waals surface area contributed by atoms with E-state index in [2.05, 4.69) is 15.2 Å². The number of hydrogen-bond donors (Lipinski definition) is 0. The summed E-state index contributed by atoms with van der Waals surface area (Å²) in [6.07, 6.45) is 1.76. The van der Waals surface area contributed by atoms with E-state index in [4.69, 9.17) is 11.6 Å². The van der Waals surface area contributed by atoms with Crippen molar-refractivity contribution < 1.29 is 0 Å². The van der Waals surface area contributed by atoms with Crippen molar-refractivity contribution in [2.75, 3.05) is 0 Å². The molecule has 0 saturated heterocycles. The Hall–Kier alpha value is -1.13. The Morgan fingerprint density at radius 3 is 2.73 bits per heavy atom. The fourth-order valence-corrected chi connectivity index (χ4v) is 2.49. The minimum atomic E-state index is 0.0423. The second kappa shape index (κ2) is 3.47. The molecular formula is C10H6ClN3S. The Labute approximate surface area is 96.0 Å². The Balaban J connectivity index is 1.94. The van der Waals surface area contributed by atoms with Gasteiger partial charge in [0.05, 0.1) is 6.21 Å². The first-order valence-corrected chi connectivity index (χ1v) is 5.65. The van der Waals surface area contributed by atoms with Crippen LogP contribution in [0.2, 0.25) is 5.02 Å². The molecule has 15 heavy (non-hydrogen) atoms. The highest BCUT2D eigenvalue weighted by Crippen LogP contribution is 2.28. The molecule has 5 heteroatoms.